The number of carboxylic acid groups (broad SMARTS) is 1. The fourth-order valence-corrected chi connectivity index (χ4v) is 2.63. The summed E-state index contributed by atoms with van der Waals surface area (Å²) in [5, 5.41) is 16.3. The number of amides is 1. The molecule has 2 N–H and O–H groups in total. The molecule has 1 aromatic carbocycles. The van der Waals surface area contributed by atoms with Crippen LogP contribution in [0.2, 0.25) is 0 Å². The van der Waals surface area contributed by atoms with Crippen LogP contribution in [-0.4, -0.2) is 26.8 Å². The monoisotopic (exact) mass is 315 g/mol. The molecule has 0 radical (unpaired) electrons. The quantitative estimate of drug-likeness (QED) is 0.887. The maximum Gasteiger partial charge on any atom is 0.335 e. The van der Waals surface area contributed by atoms with Crippen molar-refractivity contribution in [2.45, 2.75) is 40.7 Å². The minimum atomic E-state index is -0.979. The fraction of sp³-hybridized carbons (Fsp3) is 0.353. The van der Waals surface area contributed by atoms with Crippen molar-refractivity contribution in [1.82, 2.24) is 9.78 Å². The lowest BCUT2D eigenvalue weighted by Gasteiger charge is -2.08. The van der Waals surface area contributed by atoms with Crippen molar-refractivity contribution in [1.29, 1.82) is 0 Å². The van der Waals surface area contributed by atoms with Crippen molar-refractivity contribution in [2.24, 2.45) is 0 Å². The molecule has 0 fully saturated rings. The first-order valence-electron chi connectivity index (χ1n) is 7.54. The molecule has 0 aliphatic rings. The predicted molar refractivity (Wildman–Crippen MR) is 88.1 cm³/mol. The number of aromatic nitrogens is 2. The van der Waals surface area contributed by atoms with Gasteiger partial charge in [-0.05, 0) is 51.0 Å². The summed E-state index contributed by atoms with van der Waals surface area (Å²) in [6, 6.07) is 4.74. The van der Waals surface area contributed by atoms with E-state index < -0.39 is 5.97 Å². The molecule has 0 aliphatic carbocycles. The number of nitrogens with zero attached hydrogens (tertiary/aromatic N) is 2. The predicted octanol–water partition coefficient (Wildman–Crippen LogP) is 3.17. The molecule has 1 aromatic heterocycles. The topological polar surface area (TPSA) is 84.2 Å². The third kappa shape index (κ3) is 3.41. The number of benzene rings is 1. The summed E-state index contributed by atoms with van der Waals surface area (Å²) in [5.74, 6) is -1.21. The van der Waals surface area contributed by atoms with E-state index in [4.69, 9.17) is 5.11 Å². The van der Waals surface area contributed by atoms with E-state index in [1.807, 2.05) is 18.5 Å². The second-order valence-electron chi connectivity index (χ2n) is 5.56. The smallest absolute Gasteiger partial charge is 0.335 e. The lowest BCUT2D eigenvalue weighted by molar-refractivity contribution is 0.0696. The molecule has 0 saturated carbocycles. The molecule has 2 aromatic rings. The van der Waals surface area contributed by atoms with Gasteiger partial charge in [0.25, 0.3) is 5.91 Å². The van der Waals surface area contributed by atoms with Gasteiger partial charge in [-0.25, -0.2) is 4.79 Å². The highest BCUT2D eigenvalue weighted by atomic mass is 16.4. The highest BCUT2D eigenvalue weighted by molar-refractivity contribution is 6.06. The van der Waals surface area contributed by atoms with E-state index in [9.17, 15) is 9.59 Å². The van der Waals surface area contributed by atoms with Crippen molar-refractivity contribution in [3.8, 4) is 0 Å². The third-order valence-electron chi connectivity index (χ3n) is 3.76. The Hall–Kier alpha value is -2.63. The number of anilines is 1. The summed E-state index contributed by atoms with van der Waals surface area (Å²) >= 11 is 0. The number of aromatic carboxylic acids is 1. The highest BCUT2D eigenvalue weighted by Gasteiger charge is 2.19. The van der Waals surface area contributed by atoms with Gasteiger partial charge in [0.05, 0.1) is 16.8 Å². The van der Waals surface area contributed by atoms with E-state index >= 15 is 0 Å². The first-order valence-corrected chi connectivity index (χ1v) is 7.54. The second kappa shape index (κ2) is 6.64. The van der Waals surface area contributed by atoms with Crippen LogP contribution in [0, 0.1) is 20.8 Å². The van der Waals surface area contributed by atoms with Crippen LogP contribution in [0.15, 0.2) is 18.2 Å². The van der Waals surface area contributed by atoms with E-state index in [0.717, 1.165) is 18.7 Å². The summed E-state index contributed by atoms with van der Waals surface area (Å²) in [4.78, 5) is 23.6. The normalized spacial score (nSPS) is 10.6. The van der Waals surface area contributed by atoms with Gasteiger partial charge in [0.15, 0.2) is 0 Å². The van der Waals surface area contributed by atoms with Gasteiger partial charge in [-0.3, -0.25) is 9.48 Å². The van der Waals surface area contributed by atoms with Crippen LogP contribution in [0.5, 0.6) is 0 Å². The summed E-state index contributed by atoms with van der Waals surface area (Å²) in [6.45, 7) is 8.22. The van der Waals surface area contributed by atoms with Gasteiger partial charge >= 0.3 is 5.97 Å². The van der Waals surface area contributed by atoms with Gasteiger partial charge in [0.1, 0.15) is 0 Å². The minimum Gasteiger partial charge on any atom is -0.478 e. The molecular formula is C17H21N3O3. The van der Waals surface area contributed by atoms with Crippen molar-refractivity contribution in [3.63, 3.8) is 0 Å². The molecule has 6 nitrogen and oxygen atoms in total. The van der Waals surface area contributed by atoms with E-state index in [1.54, 1.807) is 19.1 Å². The molecule has 2 rings (SSSR count). The van der Waals surface area contributed by atoms with Crippen LogP contribution in [0.25, 0.3) is 0 Å². The van der Waals surface area contributed by atoms with Crippen LogP contribution < -0.4 is 5.32 Å². The number of nitrogens with one attached hydrogen (secondary N) is 1. The van der Waals surface area contributed by atoms with Gasteiger partial charge in [-0.2, -0.15) is 5.10 Å². The Morgan fingerprint density at radius 1 is 1.26 bits per heavy atom. The molecule has 0 spiro atoms. The molecule has 0 bridgehead atoms. The van der Waals surface area contributed by atoms with Gasteiger partial charge in [0, 0.05) is 17.9 Å². The van der Waals surface area contributed by atoms with Crippen LogP contribution in [0.4, 0.5) is 5.69 Å². The number of carboxylic acids is 1. The van der Waals surface area contributed by atoms with E-state index in [0.29, 0.717) is 22.5 Å². The summed E-state index contributed by atoms with van der Waals surface area (Å²) in [6.07, 6.45) is 0.943. The number of carbonyl (C=O) groups is 2. The maximum absolute atomic E-state index is 12.5. The zero-order valence-electron chi connectivity index (χ0n) is 13.8. The fourth-order valence-electron chi connectivity index (χ4n) is 2.63. The minimum absolute atomic E-state index is 0.228. The molecule has 0 unspecified atom stereocenters. The number of rotatable bonds is 5. The number of hydrogen-bond donors (Lipinski definition) is 2. The lowest BCUT2D eigenvalue weighted by Crippen LogP contribution is -2.14. The van der Waals surface area contributed by atoms with Crippen LogP contribution >= 0.6 is 0 Å². The Kier molecular flexibility index (Phi) is 4.83. The molecule has 23 heavy (non-hydrogen) atoms. The average molecular weight is 315 g/mol. The Morgan fingerprint density at radius 2 is 1.96 bits per heavy atom. The largest absolute Gasteiger partial charge is 0.478 e. The van der Waals surface area contributed by atoms with Gasteiger partial charge in [-0.15, -0.1) is 0 Å². The van der Waals surface area contributed by atoms with E-state index in [-0.39, 0.29) is 11.5 Å². The molecule has 6 heteroatoms. The molecule has 0 saturated heterocycles. The van der Waals surface area contributed by atoms with Crippen LogP contribution in [0.1, 0.15) is 51.0 Å². The van der Waals surface area contributed by atoms with Gasteiger partial charge in [-0.1, -0.05) is 6.92 Å². The van der Waals surface area contributed by atoms with Crippen molar-refractivity contribution in [3.05, 3.63) is 46.3 Å². The maximum atomic E-state index is 12.5. The van der Waals surface area contributed by atoms with Crippen LogP contribution in [-0.2, 0) is 6.54 Å². The molecule has 1 amide bonds. The first-order chi connectivity index (χ1) is 10.8. The Morgan fingerprint density at radius 3 is 2.52 bits per heavy atom. The zero-order chi connectivity index (χ0) is 17.1. The molecule has 0 aliphatic heterocycles. The SMILES string of the molecule is CCCn1nc(C)c(C(=O)Nc2ccc(C(=O)O)c(C)c2)c1C. The van der Waals surface area contributed by atoms with Gasteiger partial charge in [0.2, 0.25) is 0 Å². The zero-order valence-corrected chi connectivity index (χ0v) is 13.8. The van der Waals surface area contributed by atoms with E-state index in [2.05, 4.69) is 17.3 Å². The number of carbonyl (C=O) groups excluding carboxylic acids is 1. The standard InChI is InChI=1S/C17H21N3O3/c1-5-8-20-12(4)15(11(3)19-20)16(21)18-13-6-7-14(17(22)23)10(2)9-13/h6-7,9H,5,8H2,1-4H3,(H,18,21)(H,22,23). The Balaban J connectivity index is 2.26. The van der Waals surface area contributed by atoms with E-state index in [1.165, 1.54) is 6.07 Å². The molecule has 0 atom stereocenters. The lowest BCUT2D eigenvalue weighted by atomic mass is 10.1. The van der Waals surface area contributed by atoms with Crippen molar-refractivity contribution >= 4 is 17.6 Å². The molecule has 122 valence electrons. The summed E-state index contributed by atoms with van der Waals surface area (Å²) in [7, 11) is 0. The summed E-state index contributed by atoms with van der Waals surface area (Å²) in [5.41, 5.74) is 3.49. The number of hydrogen-bond acceptors (Lipinski definition) is 3. The molecule has 1 heterocycles. The Bertz CT molecular complexity index is 763. The summed E-state index contributed by atoms with van der Waals surface area (Å²) < 4.78 is 1.84. The second-order valence-corrected chi connectivity index (χ2v) is 5.56. The third-order valence-corrected chi connectivity index (χ3v) is 3.76. The van der Waals surface area contributed by atoms with Crippen LogP contribution in [0.3, 0.4) is 0 Å². The molecular weight excluding hydrogens is 294 g/mol. The first kappa shape index (κ1) is 16.7. The van der Waals surface area contributed by atoms with Crippen molar-refractivity contribution in [2.75, 3.05) is 5.32 Å². The van der Waals surface area contributed by atoms with Crippen molar-refractivity contribution < 1.29 is 14.7 Å². The highest BCUT2D eigenvalue weighted by Crippen LogP contribution is 2.19. The van der Waals surface area contributed by atoms with Gasteiger partial charge < -0.3 is 10.4 Å². The average Bonchev–Trinajstić information content (AvgIpc) is 2.73. The Labute approximate surface area is 135 Å². The number of aryl methyl sites for hydroxylation is 3.